The molecule has 0 fully saturated rings. The molecule has 0 N–H and O–H groups in total. The average molecular weight is 386 g/mol. The van der Waals surface area contributed by atoms with Crippen LogP contribution in [0, 0.1) is 6.92 Å². The molecular formula is C17H14N4O3S2. The first-order valence-corrected chi connectivity index (χ1v) is 9.45. The summed E-state index contributed by atoms with van der Waals surface area (Å²) in [6.45, 7) is 1.98. The molecule has 0 spiro atoms. The second kappa shape index (κ2) is 6.50. The number of nitrogens with zero attached hydrogens (tertiary/aromatic N) is 4. The fourth-order valence-corrected chi connectivity index (χ4v) is 4.25. The van der Waals surface area contributed by atoms with Crippen LogP contribution in [0.25, 0.3) is 22.1 Å². The Morgan fingerprint density at radius 3 is 2.92 bits per heavy atom. The molecule has 0 aliphatic carbocycles. The van der Waals surface area contributed by atoms with E-state index in [-0.39, 0.29) is 12.2 Å². The molecule has 0 aliphatic heterocycles. The number of hydrogen-bond acceptors (Lipinski definition) is 7. The summed E-state index contributed by atoms with van der Waals surface area (Å²) >= 11 is 2.96. The molecule has 4 heterocycles. The number of aromatic nitrogens is 4. The van der Waals surface area contributed by atoms with Gasteiger partial charge in [-0.2, -0.15) is 0 Å². The summed E-state index contributed by atoms with van der Waals surface area (Å²) in [5.41, 5.74) is 0.598. The molecule has 9 heteroatoms. The number of aryl methyl sites for hydroxylation is 2. The Labute approximate surface area is 155 Å². The third-order valence-electron chi connectivity index (χ3n) is 3.89. The van der Waals surface area contributed by atoms with Crippen molar-refractivity contribution in [2.45, 2.75) is 13.5 Å². The molecule has 0 amide bonds. The van der Waals surface area contributed by atoms with E-state index in [9.17, 15) is 9.59 Å². The maximum atomic E-state index is 12.3. The van der Waals surface area contributed by atoms with Gasteiger partial charge in [-0.15, -0.1) is 32.9 Å². The van der Waals surface area contributed by atoms with Crippen molar-refractivity contribution in [2.75, 3.05) is 0 Å². The summed E-state index contributed by atoms with van der Waals surface area (Å²) in [7, 11) is 1.65. The predicted octanol–water partition coefficient (Wildman–Crippen LogP) is 2.77. The van der Waals surface area contributed by atoms with Gasteiger partial charge in [0.25, 0.3) is 5.56 Å². The lowest BCUT2D eigenvalue weighted by Crippen LogP contribution is -2.19. The van der Waals surface area contributed by atoms with Gasteiger partial charge in [-0.3, -0.25) is 13.8 Å². The number of ether oxygens (including phenoxy) is 1. The van der Waals surface area contributed by atoms with E-state index < -0.39 is 5.97 Å². The van der Waals surface area contributed by atoms with Crippen LogP contribution in [0.1, 0.15) is 15.6 Å². The number of fused-ring (bicyclic) bond motifs is 3. The second-order valence-corrected chi connectivity index (χ2v) is 7.88. The van der Waals surface area contributed by atoms with E-state index in [0.29, 0.717) is 21.8 Å². The first kappa shape index (κ1) is 16.7. The highest BCUT2D eigenvalue weighted by atomic mass is 32.1. The molecule has 4 aromatic heterocycles. The first-order chi connectivity index (χ1) is 12.5. The van der Waals surface area contributed by atoms with E-state index in [1.54, 1.807) is 28.9 Å². The Kier molecular flexibility index (Phi) is 4.17. The van der Waals surface area contributed by atoms with Crippen LogP contribution in [0.15, 0.2) is 34.4 Å². The largest absolute Gasteiger partial charge is 0.454 e. The van der Waals surface area contributed by atoms with E-state index in [2.05, 4.69) is 10.2 Å². The topological polar surface area (TPSA) is 78.5 Å². The second-order valence-electron chi connectivity index (χ2n) is 5.64. The van der Waals surface area contributed by atoms with Crippen LogP contribution in [0.5, 0.6) is 0 Å². The van der Waals surface area contributed by atoms with Crippen molar-refractivity contribution in [3.8, 4) is 0 Å². The molecule has 4 aromatic rings. The quantitative estimate of drug-likeness (QED) is 0.398. The molecule has 0 saturated carbocycles. The zero-order chi connectivity index (χ0) is 18.3. The van der Waals surface area contributed by atoms with E-state index in [4.69, 9.17) is 4.74 Å². The molecule has 7 nitrogen and oxygen atoms in total. The van der Waals surface area contributed by atoms with E-state index in [1.165, 1.54) is 26.9 Å². The van der Waals surface area contributed by atoms with Gasteiger partial charge in [0, 0.05) is 22.9 Å². The number of carbonyl (C=O) groups is 1. The van der Waals surface area contributed by atoms with Gasteiger partial charge in [-0.05, 0) is 36.6 Å². The van der Waals surface area contributed by atoms with Crippen LogP contribution in [-0.2, 0) is 23.2 Å². The molecule has 0 bridgehead atoms. The summed E-state index contributed by atoms with van der Waals surface area (Å²) in [6.07, 6.45) is 3.12. The Morgan fingerprint density at radius 2 is 2.15 bits per heavy atom. The summed E-state index contributed by atoms with van der Waals surface area (Å²) < 4.78 is 9.09. The van der Waals surface area contributed by atoms with Crippen molar-refractivity contribution in [1.82, 2.24) is 19.2 Å². The van der Waals surface area contributed by atoms with Crippen LogP contribution in [0.2, 0.25) is 0 Å². The number of rotatable bonds is 4. The summed E-state index contributed by atoms with van der Waals surface area (Å²) in [5.74, 6) is 0.420. The molecule has 0 aromatic carbocycles. The minimum Gasteiger partial charge on any atom is -0.454 e. The summed E-state index contributed by atoms with van der Waals surface area (Å²) in [6, 6.07) is 5.78. The van der Waals surface area contributed by atoms with Crippen LogP contribution >= 0.6 is 22.7 Å². The van der Waals surface area contributed by atoms with Gasteiger partial charge in [-0.1, -0.05) is 0 Å². The minimum atomic E-state index is -0.459. The van der Waals surface area contributed by atoms with Crippen molar-refractivity contribution >= 4 is 50.7 Å². The lowest BCUT2D eigenvalue weighted by molar-refractivity contribution is -0.139. The van der Waals surface area contributed by atoms with E-state index in [0.717, 1.165) is 4.88 Å². The zero-order valence-electron chi connectivity index (χ0n) is 14.0. The fourth-order valence-electron chi connectivity index (χ4n) is 2.62. The van der Waals surface area contributed by atoms with Crippen molar-refractivity contribution in [2.24, 2.45) is 7.05 Å². The maximum Gasteiger partial charge on any atom is 0.331 e. The summed E-state index contributed by atoms with van der Waals surface area (Å²) in [5, 5.41) is 9.98. The van der Waals surface area contributed by atoms with Crippen LogP contribution < -0.4 is 5.56 Å². The Balaban J connectivity index is 1.59. The SMILES string of the molecule is Cc1ccc(C=CC(=O)OCc2nnc3n(C)c(=O)c4sccc4n23)s1. The standard InChI is InChI=1S/C17H14N4O3S2/c1-10-3-4-11(26-10)5-6-14(22)24-9-13-18-19-17-20(2)16(23)15-12(21(13)17)7-8-25-15/h3-8H,9H2,1-2H3. The molecule has 0 radical (unpaired) electrons. The van der Waals surface area contributed by atoms with Gasteiger partial charge in [0.15, 0.2) is 12.4 Å². The molecule has 0 unspecified atom stereocenters. The fraction of sp³-hybridized carbons (Fsp3) is 0.176. The first-order valence-electron chi connectivity index (χ1n) is 7.76. The Hall–Kier alpha value is -2.78. The van der Waals surface area contributed by atoms with Gasteiger partial charge >= 0.3 is 5.97 Å². The van der Waals surface area contributed by atoms with E-state index >= 15 is 0 Å². The highest BCUT2D eigenvalue weighted by Crippen LogP contribution is 2.20. The van der Waals surface area contributed by atoms with Gasteiger partial charge < -0.3 is 4.74 Å². The number of thiophene rings is 2. The van der Waals surface area contributed by atoms with Gasteiger partial charge in [0.1, 0.15) is 4.70 Å². The van der Waals surface area contributed by atoms with Crippen molar-refractivity contribution in [3.05, 3.63) is 55.6 Å². The van der Waals surface area contributed by atoms with Crippen molar-refractivity contribution in [1.29, 1.82) is 0 Å². The lowest BCUT2D eigenvalue weighted by Gasteiger charge is -2.05. The third kappa shape index (κ3) is 2.85. The number of carbonyl (C=O) groups excluding carboxylic acids is 1. The molecule has 132 valence electrons. The van der Waals surface area contributed by atoms with Crippen LogP contribution in [0.4, 0.5) is 0 Å². The normalized spacial score (nSPS) is 11.8. The molecule has 26 heavy (non-hydrogen) atoms. The minimum absolute atomic E-state index is 0.0308. The number of esters is 1. The summed E-state index contributed by atoms with van der Waals surface area (Å²) in [4.78, 5) is 26.4. The highest BCUT2D eigenvalue weighted by Gasteiger charge is 2.16. The predicted molar refractivity (Wildman–Crippen MR) is 101 cm³/mol. The van der Waals surface area contributed by atoms with Crippen LogP contribution in [0.3, 0.4) is 0 Å². The van der Waals surface area contributed by atoms with Crippen molar-refractivity contribution < 1.29 is 9.53 Å². The third-order valence-corrected chi connectivity index (χ3v) is 5.74. The lowest BCUT2D eigenvalue weighted by atomic mass is 10.4. The highest BCUT2D eigenvalue weighted by molar-refractivity contribution is 7.17. The molecule has 0 aliphatic rings. The zero-order valence-corrected chi connectivity index (χ0v) is 15.6. The van der Waals surface area contributed by atoms with Crippen molar-refractivity contribution in [3.63, 3.8) is 0 Å². The molecular weight excluding hydrogens is 372 g/mol. The number of hydrogen-bond donors (Lipinski definition) is 0. The smallest absolute Gasteiger partial charge is 0.331 e. The van der Waals surface area contributed by atoms with Gasteiger partial charge in [0.2, 0.25) is 5.78 Å². The Bertz CT molecular complexity index is 1210. The van der Waals surface area contributed by atoms with Crippen LogP contribution in [-0.4, -0.2) is 25.1 Å². The van der Waals surface area contributed by atoms with Gasteiger partial charge in [0.05, 0.1) is 5.52 Å². The van der Waals surface area contributed by atoms with E-state index in [1.807, 2.05) is 30.5 Å². The molecule has 0 atom stereocenters. The Morgan fingerprint density at radius 1 is 1.31 bits per heavy atom. The molecule has 0 saturated heterocycles. The average Bonchev–Trinajstić information content (AvgIpc) is 3.34. The monoisotopic (exact) mass is 386 g/mol. The van der Waals surface area contributed by atoms with Gasteiger partial charge in [-0.25, -0.2) is 4.79 Å². The molecule has 4 rings (SSSR count). The maximum absolute atomic E-state index is 12.3.